The van der Waals surface area contributed by atoms with Gasteiger partial charge >= 0.3 is 0 Å². The first kappa shape index (κ1) is 9.39. The topological polar surface area (TPSA) is 32.9 Å². The average molecular weight is 183 g/mol. The Bertz CT molecular complexity index is 291. The van der Waals surface area contributed by atoms with Gasteiger partial charge in [-0.15, -0.1) is 0 Å². The van der Waals surface area contributed by atoms with Gasteiger partial charge in [-0.05, 0) is 31.2 Å². The Morgan fingerprint density at radius 1 is 1.58 bits per heavy atom. The molecule has 0 aliphatic heterocycles. The highest BCUT2D eigenvalue weighted by molar-refractivity contribution is 8.14. The third-order valence-corrected chi connectivity index (χ3v) is 2.38. The van der Waals surface area contributed by atoms with Crippen LogP contribution in [0.4, 0.5) is 0 Å². The quantitative estimate of drug-likeness (QED) is 0.764. The summed E-state index contributed by atoms with van der Waals surface area (Å²) in [7, 11) is 0. The summed E-state index contributed by atoms with van der Waals surface area (Å²) in [5.41, 5.74) is 2.84. The zero-order chi connectivity index (χ0) is 9.14. The van der Waals surface area contributed by atoms with E-state index in [9.17, 15) is 4.79 Å². The standard InChI is InChI=1S/C9H13NOS/c1-4-12-9(11)8-6(2)5-7(3)10-8/h5,10H,4H2,1-3H3. The maximum absolute atomic E-state index is 11.4. The Balaban J connectivity index is 2.87. The molecule has 66 valence electrons. The SMILES string of the molecule is CCSC(=O)c1[nH]c(C)cc1C. The number of carbonyl (C=O) groups excluding carboxylic acids is 1. The van der Waals surface area contributed by atoms with Crippen molar-refractivity contribution in [2.75, 3.05) is 5.75 Å². The number of carbonyl (C=O) groups is 1. The highest BCUT2D eigenvalue weighted by Gasteiger charge is 2.10. The molecule has 0 fully saturated rings. The average Bonchev–Trinajstić information content (AvgIpc) is 2.30. The Hall–Kier alpha value is -0.700. The van der Waals surface area contributed by atoms with Gasteiger partial charge in [-0.3, -0.25) is 4.79 Å². The van der Waals surface area contributed by atoms with Crippen LogP contribution in [0.3, 0.4) is 0 Å². The third kappa shape index (κ3) is 1.91. The van der Waals surface area contributed by atoms with Crippen molar-refractivity contribution >= 4 is 16.9 Å². The molecular formula is C9H13NOS. The lowest BCUT2D eigenvalue weighted by molar-refractivity contribution is 0.108. The predicted octanol–water partition coefficient (Wildman–Crippen LogP) is 2.52. The molecule has 1 heterocycles. The van der Waals surface area contributed by atoms with Crippen LogP contribution in [0.2, 0.25) is 0 Å². The number of nitrogens with one attached hydrogen (secondary N) is 1. The molecule has 1 N–H and O–H groups in total. The first-order valence-corrected chi connectivity index (χ1v) is 4.97. The molecular weight excluding hydrogens is 170 g/mol. The number of rotatable bonds is 2. The zero-order valence-electron chi connectivity index (χ0n) is 7.60. The van der Waals surface area contributed by atoms with Crippen molar-refractivity contribution in [1.29, 1.82) is 0 Å². The molecule has 0 aromatic carbocycles. The van der Waals surface area contributed by atoms with E-state index in [1.54, 1.807) is 0 Å². The summed E-state index contributed by atoms with van der Waals surface area (Å²) in [6, 6.07) is 1.99. The van der Waals surface area contributed by atoms with Crippen molar-refractivity contribution in [3.05, 3.63) is 23.0 Å². The zero-order valence-corrected chi connectivity index (χ0v) is 8.42. The monoisotopic (exact) mass is 183 g/mol. The molecule has 0 atom stereocenters. The second kappa shape index (κ2) is 3.81. The summed E-state index contributed by atoms with van der Waals surface area (Å²) in [4.78, 5) is 14.5. The Morgan fingerprint density at radius 3 is 2.67 bits per heavy atom. The number of aryl methyl sites for hydroxylation is 2. The number of thioether (sulfide) groups is 1. The van der Waals surface area contributed by atoms with Crippen molar-refractivity contribution < 1.29 is 4.79 Å². The number of aromatic nitrogens is 1. The minimum absolute atomic E-state index is 0.142. The van der Waals surface area contributed by atoms with E-state index in [0.29, 0.717) is 0 Å². The minimum atomic E-state index is 0.142. The third-order valence-electron chi connectivity index (χ3n) is 1.63. The Morgan fingerprint density at radius 2 is 2.25 bits per heavy atom. The van der Waals surface area contributed by atoms with Gasteiger partial charge in [0.05, 0.1) is 5.69 Å². The van der Waals surface area contributed by atoms with Crippen LogP contribution in [0, 0.1) is 13.8 Å². The van der Waals surface area contributed by atoms with Crippen molar-refractivity contribution in [3.8, 4) is 0 Å². The van der Waals surface area contributed by atoms with E-state index in [4.69, 9.17) is 0 Å². The Labute approximate surface area is 76.7 Å². The van der Waals surface area contributed by atoms with E-state index < -0.39 is 0 Å². The second-order valence-corrected chi connectivity index (χ2v) is 3.97. The molecule has 0 spiro atoms. The highest BCUT2D eigenvalue weighted by Crippen LogP contribution is 2.15. The van der Waals surface area contributed by atoms with Crippen LogP contribution in [0.15, 0.2) is 6.07 Å². The molecule has 2 nitrogen and oxygen atoms in total. The fraction of sp³-hybridized carbons (Fsp3) is 0.444. The van der Waals surface area contributed by atoms with E-state index in [-0.39, 0.29) is 5.12 Å². The van der Waals surface area contributed by atoms with Gasteiger partial charge in [0.15, 0.2) is 0 Å². The van der Waals surface area contributed by atoms with Gasteiger partial charge in [0, 0.05) is 5.69 Å². The summed E-state index contributed by atoms with van der Waals surface area (Å²) in [5, 5.41) is 0.142. The molecule has 0 saturated heterocycles. The Kier molecular flexibility index (Phi) is 2.98. The molecule has 0 amide bonds. The van der Waals surface area contributed by atoms with E-state index >= 15 is 0 Å². The second-order valence-electron chi connectivity index (χ2n) is 2.73. The van der Waals surface area contributed by atoms with Crippen LogP contribution in [0.5, 0.6) is 0 Å². The van der Waals surface area contributed by atoms with Crippen LogP contribution >= 0.6 is 11.8 Å². The van der Waals surface area contributed by atoms with Crippen LogP contribution in [-0.4, -0.2) is 15.9 Å². The smallest absolute Gasteiger partial charge is 0.235 e. The molecule has 0 radical (unpaired) electrons. The number of H-pyrrole nitrogens is 1. The molecule has 0 bridgehead atoms. The van der Waals surface area contributed by atoms with Crippen LogP contribution < -0.4 is 0 Å². The van der Waals surface area contributed by atoms with Gasteiger partial charge in [0.25, 0.3) is 0 Å². The maximum Gasteiger partial charge on any atom is 0.235 e. The highest BCUT2D eigenvalue weighted by atomic mass is 32.2. The van der Waals surface area contributed by atoms with Gasteiger partial charge in [0.1, 0.15) is 0 Å². The summed E-state index contributed by atoms with van der Waals surface area (Å²) in [6.45, 7) is 5.89. The van der Waals surface area contributed by atoms with Crippen LogP contribution in [0.25, 0.3) is 0 Å². The van der Waals surface area contributed by atoms with E-state index in [1.165, 1.54) is 11.8 Å². The van der Waals surface area contributed by atoms with Gasteiger partial charge in [0.2, 0.25) is 5.12 Å². The molecule has 12 heavy (non-hydrogen) atoms. The van der Waals surface area contributed by atoms with Crippen LogP contribution in [-0.2, 0) is 0 Å². The molecule has 0 saturated carbocycles. The predicted molar refractivity (Wildman–Crippen MR) is 52.7 cm³/mol. The van der Waals surface area contributed by atoms with Crippen molar-refractivity contribution in [3.63, 3.8) is 0 Å². The van der Waals surface area contributed by atoms with Gasteiger partial charge in [-0.25, -0.2) is 0 Å². The van der Waals surface area contributed by atoms with Crippen molar-refractivity contribution in [2.24, 2.45) is 0 Å². The molecule has 0 aliphatic rings. The maximum atomic E-state index is 11.4. The number of aromatic amines is 1. The summed E-state index contributed by atoms with van der Waals surface area (Å²) in [5.74, 6) is 0.830. The lowest BCUT2D eigenvalue weighted by atomic mass is 10.3. The van der Waals surface area contributed by atoms with Gasteiger partial charge in [-0.1, -0.05) is 18.7 Å². The molecule has 3 heteroatoms. The van der Waals surface area contributed by atoms with Crippen molar-refractivity contribution in [2.45, 2.75) is 20.8 Å². The molecule has 0 unspecified atom stereocenters. The van der Waals surface area contributed by atoms with Crippen LogP contribution in [0.1, 0.15) is 28.7 Å². The minimum Gasteiger partial charge on any atom is -0.355 e. The normalized spacial score (nSPS) is 10.2. The first-order valence-electron chi connectivity index (χ1n) is 3.98. The molecule has 1 aromatic heterocycles. The first-order chi connectivity index (χ1) is 5.65. The molecule has 0 aliphatic carbocycles. The van der Waals surface area contributed by atoms with Gasteiger partial charge in [-0.2, -0.15) is 0 Å². The van der Waals surface area contributed by atoms with Crippen molar-refractivity contribution in [1.82, 2.24) is 4.98 Å². The molecule has 1 aromatic rings. The van der Waals surface area contributed by atoms with E-state index in [1.807, 2.05) is 26.8 Å². The van der Waals surface area contributed by atoms with E-state index in [2.05, 4.69) is 4.98 Å². The lowest BCUT2D eigenvalue weighted by Crippen LogP contribution is -1.96. The fourth-order valence-electron chi connectivity index (χ4n) is 1.14. The summed E-state index contributed by atoms with van der Waals surface area (Å²) < 4.78 is 0. The number of hydrogen-bond acceptors (Lipinski definition) is 2. The fourth-order valence-corrected chi connectivity index (χ4v) is 1.76. The molecule has 1 rings (SSSR count). The summed E-state index contributed by atoms with van der Waals surface area (Å²) in [6.07, 6.45) is 0. The number of hydrogen-bond donors (Lipinski definition) is 1. The van der Waals surface area contributed by atoms with Gasteiger partial charge < -0.3 is 4.98 Å². The van der Waals surface area contributed by atoms with E-state index in [0.717, 1.165) is 22.7 Å². The summed E-state index contributed by atoms with van der Waals surface area (Å²) >= 11 is 1.34. The lowest BCUT2D eigenvalue weighted by Gasteiger charge is -1.95. The largest absolute Gasteiger partial charge is 0.355 e.